The molecule has 21 heavy (non-hydrogen) atoms. The molecule has 0 fully saturated rings. The van der Waals surface area contributed by atoms with Crippen LogP contribution < -0.4 is 5.32 Å². The molecular weight excluding hydrogens is 274 g/mol. The third-order valence-electron chi connectivity index (χ3n) is 2.27. The topological polar surface area (TPSA) is 94.4 Å². The lowest BCUT2D eigenvalue weighted by Crippen LogP contribution is -2.32. The van der Waals surface area contributed by atoms with Gasteiger partial charge in [0.25, 0.3) is 5.69 Å². The highest BCUT2D eigenvalue weighted by Crippen LogP contribution is 2.16. The molecule has 7 heteroatoms. The van der Waals surface area contributed by atoms with Gasteiger partial charge >= 0.3 is 6.09 Å². The summed E-state index contributed by atoms with van der Waals surface area (Å²) >= 11 is 0. The Morgan fingerprint density at radius 3 is 2.86 bits per heavy atom. The van der Waals surface area contributed by atoms with Crippen LogP contribution in [0.3, 0.4) is 0 Å². The lowest BCUT2D eigenvalue weighted by molar-refractivity contribution is -0.385. The summed E-state index contributed by atoms with van der Waals surface area (Å²) in [7, 11) is 0. The van der Waals surface area contributed by atoms with Crippen molar-refractivity contribution in [1.82, 2.24) is 10.3 Å². The quantitative estimate of drug-likeness (QED) is 0.511. The molecular formula is C14H19N3O4. The fourth-order valence-electron chi connectivity index (χ4n) is 1.46. The van der Waals surface area contributed by atoms with Crippen molar-refractivity contribution in [2.45, 2.75) is 32.8 Å². The van der Waals surface area contributed by atoms with Crippen LogP contribution in [-0.2, 0) is 4.74 Å². The number of carbonyl (C=O) groups is 1. The van der Waals surface area contributed by atoms with Crippen LogP contribution >= 0.6 is 0 Å². The molecule has 0 aliphatic heterocycles. The maximum absolute atomic E-state index is 11.4. The van der Waals surface area contributed by atoms with Gasteiger partial charge in [-0.15, -0.1) is 0 Å². The number of hydrogen-bond acceptors (Lipinski definition) is 5. The van der Waals surface area contributed by atoms with Crippen LogP contribution in [0.15, 0.2) is 24.4 Å². The zero-order chi connectivity index (χ0) is 15.9. The smallest absolute Gasteiger partial charge is 0.407 e. The van der Waals surface area contributed by atoms with Crippen molar-refractivity contribution in [1.29, 1.82) is 0 Å². The summed E-state index contributed by atoms with van der Waals surface area (Å²) < 4.78 is 5.08. The normalized spacial score (nSPS) is 11.4. The number of nitrogens with one attached hydrogen (secondary N) is 1. The maximum atomic E-state index is 11.4. The van der Waals surface area contributed by atoms with E-state index in [1.54, 1.807) is 32.9 Å². The molecule has 1 heterocycles. The zero-order valence-corrected chi connectivity index (χ0v) is 12.3. The Morgan fingerprint density at radius 2 is 2.24 bits per heavy atom. The second-order valence-electron chi connectivity index (χ2n) is 5.28. The van der Waals surface area contributed by atoms with E-state index < -0.39 is 16.6 Å². The van der Waals surface area contributed by atoms with Gasteiger partial charge in [-0.3, -0.25) is 10.1 Å². The minimum absolute atomic E-state index is 0.0474. The third kappa shape index (κ3) is 6.51. The zero-order valence-electron chi connectivity index (χ0n) is 12.3. The summed E-state index contributed by atoms with van der Waals surface area (Å²) in [6.45, 7) is 5.73. The number of pyridine rings is 1. The number of alkyl carbamates (subject to hydrolysis) is 1. The predicted octanol–water partition coefficient (Wildman–Crippen LogP) is 2.92. The highest BCUT2D eigenvalue weighted by molar-refractivity contribution is 5.67. The second kappa shape index (κ2) is 7.37. The van der Waals surface area contributed by atoms with E-state index in [-0.39, 0.29) is 5.69 Å². The number of ether oxygens (including phenoxy) is 1. The third-order valence-corrected chi connectivity index (χ3v) is 2.27. The fourth-order valence-corrected chi connectivity index (χ4v) is 1.46. The SMILES string of the molecule is CC(C)(C)OC(=O)NCCC=Cc1ncccc1[N+](=O)[O-]. The van der Waals surface area contributed by atoms with Crippen LogP contribution in [0.1, 0.15) is 32.9 Å². The van der Waals surface area contributed by atoms with E-state index in [4.69, 9.17) is 4.74 Å². The largest absolute Gasteiger partial charge is 0.444 e. The van der Waals surface area contributed by atoms with Crippen LogP contribution in [0.2, 0.25) is 0 Å². The van der Waals surface area contributed by atoms with Crippen LogP contribution in [0.25, 0.3) is 6.08 Å². The first-order valence-electron chi connectivity index (χ1n) is 6.52. The van der Waals surface area contributed by atoms with Crippen molar-refractivity contribution in [3.8, 4) is 0 Å². The number of aromatic nitrogens is 1. The van der Waals surface area contributed by atoms with Crippen LogP contribution in [0, 0.1) is 10.1 Å². The molecule has 0 bridgehead atoms. The van der Waals surface area contributed by atoms with E-state index in [0.717, 1.165) is 0 Å². The Kier molecular flexibility index (Phi) is 5.83. The molecule has 1 aromatic rings. The molecule has 1 amide bonds. The Hall–Kier alpha value is -2.44. The molecule has 7 nitrogen and oxygen atoms in total. The first kappa shape index (κ1) is 16.6. The molecule has 1 N–H and O–H groups in total. The molecule has 0 saturated carbocycles. The van der Waals surface area contributed by atoms with Gasteiger partial charge in [0.2, 0.25) is 0 Å². The van der Waals surface area contributed by atoms with E-state index in [1.165, 1.54) is 18.3 Å². The Balaban J connectivity index is 2.43. The number of hydrogen-bond donors (Lipinski definition) is 1. The molecule has 1 aromatic heterocycles. The molecule has 1 rings (SSSR count). The molecule has 114 valence electrons. The van der Waals surface area contributed by atoms with E-state index in [0.29, 0.717) is 18.7 Å². The van der Waals surface area contributed by atoms with Crippen LogP contribution in [-0.4, -0.2) is 28.1 Å². The lowest BCUT2D eigenvalue weighted by atomic mass is 10.2. The molecule has 0 saturated heterocycles. The average molecular weight is 293 g/mol. The van der Waals surface area contributed by atoms with Crippen molar-refractivity contribution >= 4 is 17.9 Å². The van der Waals surface area contributed by atoms with Crippen molar-refractivity contribution < 1.29 is 14.5 Å². The minimum atomic E-state index is -0.533. The van der Waals surface area contributed by atoms with Gasteiger partial charge in [-0.05, 0) is 39.3 Å². The van der Waals surface area contributed by atoms with Gasteiger partial charge in [-0.1, -0.05) is 6.08 Å². The van der Waals surface area contributed by atoms with Crippen molar-refractivity contribution in [3.05, 3.63) is 40.2 Å². The van der Waals surface area contributed by atoms with Gasteiger partial charge in [0, 0.05) is 18.8 Å². The molecule has 0 aromatic carbocycles. The monoisotopic (exact) mass is 293 g/mol. The number of amides is 1. The fraction of sp³-hybridized carbons (Fsp3) is 0.429. The van der Waals surface area contributed by atoms with Gasteiger partial charge in [0.1, 0.15) is 11.3 Å². The minimum Gasteiger partial charge on any atom is -0.444 e. The van der Waals surface area contributed by atoms with E-state index in [2.05, 4.69) is 10.3 Å². The number of nitro groups is 1. The summed E-state index contributed by atoms with van der Waals surface area (Å²) in [5.41, 5.74) is -0.289. The van der Waals surface area contributed by atoms with Gasteiger partial charge in [0.05, 0.1) is 4.92 Å². The predicted molar refractivity (Wildman–Crippen MR) is 78.8 cm³/mol. The Morgan fingerprint density at radius 1 is 1.52 bits per heavy atom. The van der Waals surface area contributed by atoms with Gasteiger partial charge in [0.15, 0.2) is 0 Å². The van der Waals surface area contributed by atoms with E-state index in [1.807, 2.05) is 0 Å². The van der Waals surface area contributed by atoms with Crippen molar-refractivity contribution in [3.63, 3.8) is 0 Å². The lowest BCUT2D eigenvalue weighted by Gasteiger charge is -2.19. The number of carbonyl (C=O) groups excluding carboxylic acids is 1. The average Bonchev–Trinajstić information content (AvgIpc) is 2.36. The number of rotatable bonds is 5. The van der Waals surface area contributed by atoms with Crippen molar-refractivity contribution in [2.24, 2.45) is 0 Å². The summed E-state index contributed by atoms with van der Waals surface area (Å²) in [5.74, 6) is 0. The molecule has 0 spiro atoms. The maximum Gasteiger partial charge on any atom is 0.407 e. The molecule has 0 aliphatic carbocycles. The molecule has 0 atom stereocenters. The summed E-state index contributed by atoms with van der Waals surface area (Å²) in [6.07, 6.45) is 4.81. The summed E-state index contributed by atoms with van der Waals surface area (Å²) in [4.78, 5) is 25.6. The Bertz CT molecular complexity index is 535. The second-order valence-corrected chi connectivity index (χ2v) is 5.28. The highest BCUT2D eigenvalue weighted by Gasteiger charge is 2.15. The first-order valence-corrected chi connectivity index (χ1v) is 6.52. The molecule has 0 unspecified atom stereocenters. The first-order chi connectivity index (χ1) is 9.79. The highest BCUT2D eigenvalue weighted by atomic mass is 16.6. The van der Waals surface area contributed by atoms with Crippen LogP contribution in [0.4, 0.5) is 10.5 Å². The Labute approximate surface area is 123 Å². The van der Waals surface area contributed by atoms with Crippen LogP contribution in [0.5, 0.6) is 0 Å². The molecule has 0 radical (unpaired) electrons. The summed E-state index contributed by atoms with van der Waals surface area (Å²) in [5, 5.41) is 13.4. The summed E-state index contributed by atoms with van der Waals surface area (Å²) in [6, 6.07) is 2.91. The van der Waals surface area contributed by atoms with Gasteiger partial charge < -0.3 is 10.1 Å². The van der Waals surface area contributed by atoms with Gasteiger partial charge in [-0.25, -0.2) is 9.78 Å². The van der Waals surface area contributed by atoms with E-state index in [9.17, 15) is 14.9 Å². The van der Waals surface area contributed by atoms with Crippen molar-refractivity contribution in [2.75, 3.05) is 6.54 Å². The van der Waals surface area contributed by atoms with Gasteiger partial charge in [-0.2, -0.15) is 0 Å². The standard InChI is InChI=1S/C14H19N3O4/c1-14(2,3)21-13(18)16-9-5-4-7-11-12(17(19)20)8-6-10-15-11/h4,6-8,10H,5,9H2,1-3H3,(H,16,18). The van der Waals surface area contributed by atoms with E-state index >= 15 is 0 Å². The molecule has 0 aliphatic rings. The number of nitrogens with zero attached hydrogens (tertiary/aromatic N) is 2.